The molecule has 0 aliphatic carbocycles. The molecule has 1 aromatic rings. The van der Waals surface area contributed by atoms with Crippen molar-refractivity contribution in [2.45, 2.75) is 39.5 Å². The highest BCUT2D eigenvalue weighted by Crippen LogP contribution is 2.15. The van der Waals surface area contributed by atoms with Crippen LogP contribution in [0.25, 0.3) is 0 Å². The molecule has 114 valence electrons. The van der Waals surface area contributed by atoms with Gasteiger partial charge in [0.15, 0.2) is 0 Å². The Bertz CT molecular complexity index is 493. The average molecular weight is 287 g/mol. The normalized spacial score (nSPS) is 9.90. The minimum Gasteiger partial charge on any atom is -0.495 e. The third kappa shape index (κ3) is 5.91. The molecule has 0 aliphatic rings. The lowest BCUT2D eigenvalue weighted by molar-refractivity contribution is -0.125. The van der Waals surface area contributed by atoms with Gasteiger partial charge in [-0.05, 0) is 25.0 Å². The van der Waals surface area contributed by atoms with Gasteiger partial charge in [0.05, 0.1) is 19.2 Å². The summed E-state index contributed by atoms with van der Waals surface area (Å²) in [5.74, 6) is 7.01. The first-order valence-electron chi connectivity index (χ1n) is 7.62. The molecule has 3 heteroatoms. The first-order valence-corrected chi connectivity index (χ1v) is 7.62. The molecule has 0 heterocycles. The van der Waals surface area contributed by atoms with Crippen molar-refractivity contribution < 1.29 is 9.53 Å². The van der Waals surface area contributed by atoms with E-state index in [4.69, 9.17) is 4.74 Å². The molecule has 0 aliphatic heterocycles. The summed E-state index contributed by atoms with van der Waals surface area (Å²) < 4.78 is 5.24. The lowest BCUT2D eigenvalue weighted by Gasteiger charge is -2.13. The quantitative estimate of drug-likeness (QED) is 0.781. The van der Waals surface area contributed by atoms with Crippen LogP contribution in [0.2, 0.25) is 0 Å². The molecular weight excluding hydrogens is 262 g/mol. The fourth-order valence-corrected chi connectivity index (χ4v) is 2.27. The Morgan fingerprint density at radius 1 is 1.24 bits per heavy atom. The van der Waals surface area contributed by atoms with Gasteiger partial charge >= 0.3 is 0 Å². The summed E-state index contributed by atoms with van der Waals surface area (Å²) in [6.07, 6.45) is 3.95. The van der Waals surface area contributed by atoms with Crippen molar-refractivity contribution in [1.82, 2.24) is 5.32 Å². The summed E-state index contributed by atoms with van der Waals surface area (Å²) in [7, 11) is 1.63. The standard InChI is InChI=1S/C18H25NO2/c1-4-9-16(10-5-2)18(20)19-14-8-12-15-11-6-7-13-17(15)21-3/h6-7,11,13,16H,4-5,9-10,14H2,1-3H3,(H,19,20). The molecule has 0 fully saturated rings. The van der Waals surface area contributed by atoms with Gasteiger partial charge in [-0.15, -0.1) is 0 Å². The summed E-state index contributed by atoms with van der Waals surface area (Å²) in [6, 6.07) is 7.61. The van der Waals surface area contributed by atoms with E-state index in [0.29, 0.717) is 6.54 Å². The van der Waals surface area contributed by atoms with Crippen molar-refractivity contribution in [1.29, 1.82) is 0 Å². The van der Waals surface area contributed by atoms with E-state index in [0.717, 1.165) is 37.0 Å². The number of ether oxygens (including phenoxy) is 1. The number of para-hydroxylation sites is 1. The van der Waals surface area contributed by atoms with Gasteiger partial charge in [0.1, 0.15) is 5.75 Å². The van der Waals surface area contributed by atoms with Crippen LogP contribution < -0.4 is 10.1 Å². The minimum absolute atomic E-state index is 0.119. The van der Waals surface area contributed by atoms with E-state index in [9.17, 15) is 4.79 Å². The van der Waals surface area contributed by atoms with Gasteiger partial charge in [-0.1, -0.05) is 50.7 Å². The van der Waals surface area contributed by atoms with Crippen molar-refractivity contribution in [3.8, 4) is 17.6 Å². The van der Waals surface area contributed by atoms with E-state index in [1.54, 1.807) is 7.11 Å². The Hall–Kier alpha value is -1.95. The highest BCUT2D eigenvalue weighted by atomic mass is 16.5. The zero-order valence-electron chi connectivity index (χ0n) is 13.2. The van der Waals surface area contributed by atoms with Crippen molar-refractivity contribution in [3.05, 3.63) is 29.8 Å². The molecular formula is C18H25NO2. The SMILES string of the molecule is CCCC(CCC)C(=O)NCC#Cc1ccccc1OC. The Kier molecular flexibility index (Phi) is 8.04. The molecule has 0 aromatic heterocycles. The zero-order valence-corrected chi connectivity index (χ0v) is 13.2. The molecule has 1 amide bonds. The van der Waals surface area contributed by atoms with Crippen LogP contribution in [-0.2, 0) is 4.79 Å². The van der Waals surface area contributed by atoms with E-state index in [1.165, 1.54) is 0 Å². The Labute approximate surface area is 128 Å². The maximum absolute atomic E-state index is 12.1. The van der Waals surface area contributed by atoms with E-state index in [2.05, 4.69) is 31.0 Å². The first kappa shape index (κ1) is 17.1. The topological polar surface area (TPSA) is 38.3 Å². The fraction of sp³-hybridized carbons (Fsp3) is 0.500. The smallest absolute Gasteiger partial charge is 0.223 e. The molecule has 0 atom stereocenters. The summed E-state index contributed by atoms with van der Waals surface area (Å²) in [5, 5.41) is 2.91. The number of rotatable bonds is 7. The molecule has 0 saturated carbocycles. The number of carbonyl (C=O) groups excluding carboxylic acids is 1. The van der Waals surface area contributed by atoms with Crippen LogP contribution in [-0.4, -0.2) is 19.6 Å². The summed E-state index contributed by atoms with van der Waals surface area (Å²) >= 11 is 0. The van der Waals surface area contributed by atoms with Crippen LogP contribution in [0.1, 0.15) is 45.1 Å². The number of methoxy groups -OCH3 is 1. The van der Waals surface area contributed by atoms with Crippen molar-refractivity contribution in [3.63, 3.8) is 0 Å². The third-order valence-electron chi connectivity index (χ3n) is 3.33. The molecule has 0 unspecified atom stereocenters. The number of carbonyl (C=O) groups is 1. The zero-order chi connectivity index (χ0) is 15.5. The van der Waals surface area contributed by atoms with Crippen molar-refractivity contribution in [2.75, 3.05) is 13.7 Å². The van der Waals surface area contributed by atoms with Crippen LogP contribution in [0.15, 0.2) is 24.3 Å². The molecule has 1 N–H and O–H groups in total. The minimum atomic E-state index is 0.119. The number of benzene rings is 1. The molecule has 0 saturated heterocycles. The van der Waals surface area contributed by atoms with Gasteiger partial charge in [-0.2, -0.15) is 0 Å². The molecule has 21 heavy (non-hydrogen) atoms. The lowest BCUT2D eigenvalue weighted by atomic mass is 9.97. The molecule has 0 bridgehead atoms. The average Bonchev–Trinajstić information content (AvgIpc) is 2.51. The number of amides is 1. The van der Waals surface area contributed by atoms with Crippen LogP contribution in [0.5, 0.6) is 5.75 Å². The second-order valence-electron chi connectivity index (χ2n) is 4.99. The largest absolute Gasteiger partial charge is 0.495 e. The summed E-state index contributed by atoms with van der Waals surface area (Å²) in [6.45, 7) is 4.59. The maximum atomic E-state index is 12.1. The summed E-state index contributed by atoms with van der Waals surface area (Å²) in [5.41, 5.74) is 0.841. The lowest BCUT2D eigenvalue weighted by Crippen LogP contribution is -2.30. The van der Waals surface area contributed by atoms with Crippen molar-refractivity contribution >= 4 is 5.91 Å². The van der Waals surface area contributed by atoms with Crippen LogP contribution >= 0.6 is 0 Å². The van der Waals surface area contributed by atoms with E-state index < -0.39 is 0 Å². The number of hydrogen-bond acceptors (Lipinski definition) is 2. The predicted octanol–water partition coefficient (Wildman–Crippen LogP) is 3.38. The highest BCUT2D eigenvalue weighted by Gasteiger charge is 2.15. The van der Waals surface area contributed by atoms with Gasteiger partial charge in [0, 0.05) is 5.92 Å². The van der Waals surface area contributed by atoms with Crippen LogP contribution in [0, 0.1) is 17.8 Å². The van der Waals surface area contributed by atoms with Crippen molar-refractivity contribution in [2.24, 2.45) is 5.92 Å². The maximum Gasteiger partial charge on any atom is 0.223 e. The Morgan fingerprint density at radius 2 is 1.90 bits per heavy atom. The van der Waals surface area contributed by atoms with E-state index in [-0.39, 0.29) is 11.8 Å². The highest BCUT2D eigenvalue weighted by molar-refractivity contribution is 5.78. The molecule has 1 rings (SSSR count). The predicted molar refractivity (Wildman–Crippen MR) is 86.2 cm³/mol. The third-order valence-corrected chi connectivity index (χ3v) is 3.33. The summed E-state index contributed by atoms with van der Waals surface area (Å²) in [4.78, 5) is 12.1. The van der Waals surface area contributed by atoms with Gasteiger partial charge in [-0.25, -0.2) is 0 Å². The fourth-order valence-electron chi connectivity index (χ4n) is 2.27. The second kappa shape index (κ2) is 9.88. The van der Waals surface area contributed by atoms with Crippen LogP contribution in [0.3, 0.4) is 0 Å². The monoisotopic (exact) mass is 287 g/mol. The number of nitrogens with one attached hydrogen (secondary N) is 1. The van der Waals surface area contributed by atoms with Gasteiger partial charge < -0.3 is 10.1 Å². The molecule has 1 aromatic carbocycles. The Balaban J connectivity index is 2.53. The van der Waals surface area contributed by atoms with Crippen LogP contribution in [0.4, 0.5) is 0 Å². The van der Waals surface area contributed by atoms with Gasteiger partial charge in [0.25, 0.3) is 0 Å². The molecule has 0 spiro atoms. The first-order chi connectivity index (χ1) is 10.2. The molecule has 3 nitrogen and oxygen atoms in total. The number of hydrogen-bond donors (Lipinski definition) is 1. The second-order valence-corrected chi connectivity index (χ2v) is 4.99. The Morgan fingerprint density at radius 3 is 2.52 bits per heavy atom. The van der Waals surface area contributed by atoms with Gasteiger partial charge in [-0.3, -0.25) is 4.79 Å². The van der Waals surface area contributed by atoms with E-state index >= 15 is 0 Å². The van der Waals surface area contributed by atoms with E-state index in [1.807, 2.05) is 24.3 Å². The molecule has 0 radical (unpaired) electrons. The van der Waals surface area contributed by atoms with Gasteiger partial charge in [0.2, 0.25) is 5.91 Å².